The highest BCUT2D eigenvalue weighted by molar-refractivity contribution is 5.94. The molecule has 0 aliphatic rings. The van der Waals surface area contributed by atoms with E-state index in [-0.39, 0.29) is 17.1 Å². The molecule has 3 rings (SSSR count). The van der Waals surface area contributed by atoms with Crippen molar-refractivity contribution in [3.8, 4) is 17.4 Å². The lowest BCUT2D eigenvalue weighted by Gasteiger charge is -2.10. The van der Waals surface area contributed by atoms with E-state index < -0.39 is 16.6 Å². The van der Waals surface area contributed by atoms with E-state index in [1.165, 1.54) is 43.7 Å². The third kappa shape index (κ3) is 5.13. The summed E-state index contributed by atoms with van der Waals surface area (Å²) >= 11 is 0. The number of aromatic nitrogens is 1. The van der Waals surface area contributed by atoms with Crippen molar-refractivity contribution in [2.45, 2.75) is 0 Å². The number of amides is 1. The lowest BCUT2D eigenvalue weighted by Crippen LogP contribution is -2.17. The van der Waals surface area contributed by atoms with E-state index in [1.807, 2.05) is 0 Å². The number of benzene rings is 2. The van der Waals surface area contributed by atoms with Crippen molar-refractivity contribution in [2.24, 2.45) is 5.10 Å². The predicted molar refractivity (Wildman–Crippen MR) is 105 cm³/mol. The van der Waals surface area contributed by atoms with E-state index in [0.717, 1.165) is 12.3 Å². The Balaban J connectivity index is 1.68. The molecule has 0 radical (unpaired) electrons. The molecule has 1 heterocycles. The topological polar surface area (TPSA) is 116 Å². The number of halogens is 1. The lowest BCUT2D eigenvalue weighted by atomic mass is 10.2. The van der Waals surface area contributed by atoms with Crippen molar-refractivity contribution in [2.75, 3.05) is 7.11 Å². The second-order valence-corrected chi connectivity index (χ2v) is 5.83. The summed E-state index contributed by atoms with van der Waals surface area (Å²) < 4.78 is 24.0. The number of hydrazone groups is 1. The fourth-order valence-corrected chi connectivity index (χ4v) is 2.36. The quantitative estimate of drug-likeness (QED) is 0.361. The molecule has 0 bridgehead atoms. The van der Waals surface area contributed by atoms with Gasteiger partial charge in [0.15, 0.2) is 11.5 Å². The van der Waals surface area contributed by atoms with E-state index in [2.05, 4.69) is 15.5 Å². The van der Waals surface area contributed by atoms with Gasteiger partial charge in [-0.1, -0.05) is 6.07 Å². The summed E-state index contributed by atoms with van der Waals surface area (Å²) in [6.45, 7) is 0. The van der Waals surface area contributed by atoms with Crippen molar-refractivity contribution < 1.29 is 23.6 Å². The zero-order valence-electron chi connectivity index (χ0n) is 15.6. The van der Waals surface area contributed by atoms with Crippen LogP contribution < -0.4 is 14.9 Å². The molecule has 10 heteroatoms. The Kier molecular flexibility index (Phi) is 6.28. The molecular weight excluding hydrogens is 395 g/mol. The molecule has 0 aliphatic heterocycles. The standard InChI is InChI=1S/C20H15FN4O5/c1-29-18-9-13(11-23-24-20(26)14-3-2-4-15(21)10-14)5-7-17(18)30-19-8-6-16(12-22-19)25(27)28/h2-12H,1H3,(H,24,26)/b23-11-. The van der Waals surface area contributed by atoms with Gasteiger partial charge in [-0.3, -0.25) is 14.9 Å². The molecule has 0 saturated heterocycles. The van der Waals surface area contributed by atoms with Gasteiger partial charge in [-0.15, -0.1) is 0 Å². The van der Waals surface area contributed by atoms with Crippen LogP contribution in [0.2, 0.25) is 0 Å². The van der Waals surface area contributed by atoms with E-state index in [4.69, 9.17) is 9.47 Å². The van der Waals surface area contributed by atoms with E-state index in [1.54, 1.807) is 18.2 Å². The van der Waals surface area contributed by atoms with Gasteiger partial charge in [-0.2, -0.15) is 5.10 Å². The number of methoxy groups -OCH3 is 1. The minimum Gasteiger partial charge on any atom is -0.493 e. The first-order valence-electron chi connectivity index (χ1n) is 8.51. The van der Waals surface area contributed by atoms with Gasteiger partial charge in [-0.05, 0) is 42.0 Å². The van der Waals surface area contributed by atoms with Crippen LogP contribution in [0, 0.1) is 15.9 Å². The summed E-state index contributed by atoms with van der Waals surface area (Å²) in [4.78, 5) is 26.0. The first-order chi connectivity index (χ1) is 14.5. The molecule has 0 fully saturated rings. The second kappa shape index (κ2) is 9.24. The molecule has 0 spiro atoms. The number of nitrogens with zero attached hydrogens (tertiary/aromatic N) is 3. The van der Waals surface area contributed by atoms with Gasteiger partial charge < -0.3 is 9.47 Å². The molecule has 0 saturated carbocycles. The first kappa shape index (κ1) is 20.4. The normalized spacial score (nSPS) is 10.6. The number of carbonyl (C=O) groups excluding carboxylic acids is 1. The van der Waals surface area contributed by atoms with Gasteiger partial charge in [-0.25, -0.2) is 14.8 Å². The number of hydrogen-bond acceptors (Lipinski definition) is 7. The van der Waals surface area contributed by atoms with E-state index in [0.29, 0.717) is 17.1 Å². The fourth-order valence-electron chi connectivity index (χ4n) is 2.36. The highest BCUT2D eigenvalue weighted by atomic mass is 19.1. The fraction of sp³-hybridized carbons (Fsp3) is 0.0500. The third-order valence-corrected chi connectivity index (χ3v) is 3.80. The largest absolute Gasteiger partial charge is 0.493 e. The monoisotopic (exact) mass is 410 g/mol. The SMILES string of the molecule is COc1cc(/C=N\NC(=O)c2cccc(F)c2)ccc1Oc1ccc([N+](=O)[O-])cn1. The van der Waals surface area contributed by atoms with Crippen LogP contribution in [0.25, 0.3) is 0 Å². The van der Waals surface area contributed by atoms with Gasteiger partial charge in [0, 0.05) is 17.7 Å². The van der Waals surface area contributed by atoms with Crippen molar-refractivity contribution in [3.63, 3.8) is 0 Å². The van der Waals surface area contributed by atoms with Crippen LogP contribution in [0.5, 0.6) is 17.4 Å². The third-order valence-electron chi connectivity index (χ3n) is 3.80. The Morgan fingerprint density at radius 3 is 2.70 bits per heavy atom. The van der Waals surface area contributed by atoms with E-state index >= 15 is 0 Å². The number of hydrogen-bond donors (Lipinski definition) is 1. The lowest BCUT2D eigenvalue weighted by molar-refractivity contribution is -0.385. The number of nitro groups is 1. The molecule has 0 atom stereocenters. The predicted octanol–water partition coefficient (Wildman–Crippen LogP) is 3.69. The van der Waals surface area contributed by atoms with Crippen LogP contribution in [-0.2, 0) is 0 Å². The summed E-state index contributed by atoms with van der Waals surface area (Å²) in [6.07, 6.45) is 2.47. The summed E-state index contributed by atoms with van der Waals surface area (Å²) in [5.41, 5.74) is 2.89. The maximum atomic E-state index is 13.2. The highest BCUT2D eigenvalue weighted by Crippen LogP contribution is 2.31. The molecule has 30 heavy (non-hydrogen) atoms. The van der Waals surface area contributed by atoms with E-state index in [9.17, 15) is 19.3 Å². The molecule has 3 aromatic rings. The van der Waals surface area contributed by atoms with Crippen molar-refractivity contribution in [1.82, 2.24) is 10.4 Å². The Morgan fingerprint density at radius 2 is 2.03 bits per heavy atom. The van der Waals surface area contributed by atoms with Gasteiger partial charge in [0.25, 0.3) is 11.6 Å². The summed E-state index contributed by atoms with van der Waals surface area (Å²) in [5.74, 6) is -0.227. The Hall–Kier alpha value is -4.34. The van der Waals surface area contributed by atoms with Crippen molar-refractivity contribution in [1.29, 1.82) is 0 Å². The van der Waals surface area contributed by atoms with Crippen LogP contribution in [0.15, 0.2) is 65.9 Å². The van der Waals surface area contributed by atoms with Gasteiger partial charge in [0.2, 0.25) is 5.88 Å². The smallest absolute Gasteiger partial charge is 0.287 e. The molecule has 1 amide bonds. The number of carbonyl (C=O) groups is 1. The van der Waals surface area contributed by atoms with Crippen LogP contribution >= 0.6 is 0 Å². The van der Waals surface area contributed by atoms with Crippen LogP contribution in [0.1, 0.15) is 15.9 Å². The van der Waals surface area contributed by atoms with Gasteiger partial charge >= 0.3 is 0 Å². The second-order valence-electron chi connectivity index (χ2n) is 5.83. The van der Waals surface area contributed by atoms with Gasteiger partial charge in [0.05, 0.1) is 18.2 Å². The summed E-state index contributed by atoms with van der Waals surface area (Å²) in [7, 11) is 1.44. The van der Waals surface area contributed by atoms with Gasteiger partial charge in [0.1, 0.15) is 12.0 Å². The Labute approximate surface area is 169 Å². The Bertz CT molecular complexity index is 1100. The maximum Gasteiger partial charge on any atom is 0.287 e. The number of pyridine rings is 1. The van der Waals surface area contributed by atoms with Crippen molar-refractivity contribution in [3.05, 3.63) is 87.9 Å². The Morgan fingerprint density at radius 1 is 1.20 bits per heavy atom. The number of rotatable bonds is 7. The average molecular weight is 410 g/mol. The summed E-state index contributed by atoms with van der Waals surface area (Å²) in [5, 5.41) is 14.5. The molecule has 2 aromatic carbocycles. The molecule has 1 aromatic heterocycles. The molecule has 0 unspecified atom stereocenters. The molecule has 9 nitrogen and oxygen atoms in total. The highest BCUT2D eigenvalue weighted by Gasteiger charge is 2.10. The summed E-state index contributed by atoms with van der Waals surface area (Å²) in [6, 6.07) is 12.7. The van der Waals surface area contributed by atoms with Crippen LogP contribution in [0.3, 0.4) is 0 Å². The number of ether oxygens (including phenoxy) is 2. The minimum atomic E-state index is -0.557. The first-order valence-corrected chi connectivity index (χ1v) is 8.51. The maximum absolute atomic E-state index is 13.2. The molecular formula is C20H15FN4O5. The zero-order chi connectivity index (χ0) is 21.5. The average Bonchev–Trinajstić information content (AvgIpc) is 2.75. The molecule has 152 valence electrons. The zero-order valence-corrected chi connectivity index (χ0v) is 15.6. The van der Waals surface area contributed by atoms with Crippen LogP contribution in [-0.4, -0.2) is 29.1 Å². The van der Waals surface area contributed by atoms with Crippen LogP contribution in [0.4, 0.5) is 10.1 Å². The molecule has 0 aliphatic carbocycles. The molecule has 1 N–H and O–H groups in total. The number of nitrogens with one attached hydrogen (secondary N) is 1. The minimum absolute atomic E-state index is 0.143. The van der Waals surface area contributed by atoms with Crippen molar-refractivity contribution >= 4 is 17.8 Å².